The summed E-state index contributed by atoms with van der Waals surface area (Å²) in [5.74, 6) is 0.914. The van der Waals surface area contributed by atoms with Gasteiger partial charge in [-0.25, -0.2) is 4.98 Å². The molecule has 0 saturated carbocycles. The van der Waals surface area contributed by atoms with Crippen LogP contribution in [0.3, 0.4) is 0 Å². The van der Waals surface area contributed by atoms with E-state index in [2.05, 4.69) is 68.7 Å². The number of halogens is 1. The van der Waals surface area contributed by atoms with E-state index in [1.807, 2.05) is 14.0 Å². The number of likely N-dealkylation sites (tertiary alicyclic amines) is 1. The van der Waals surface area contributed by atoms with Gasteiger partial charge in [0.05, 0.1) is 23.3 Å². The number of nitrogens with one attached hydrogen (secondary N) is 1. The molecule has 1 N–H and O–H groups in total. The molecule has 2 aromatic rings. The molecule has 1 atom stereocenters. The number of hydrogen-bond donors (Lipinski definition) is 1. The Morgan fingerprint density at radius 1 is 1.25 bits per heavy atom. The van der Waals surface area contributed by atoms with E-state index in [4.69, 9.17) is 0 Å². The van der Waals surface area contributed by atoms with Crippen molar-refractivity contribution in [1.82, 2.24) is 20.1 Å². The highest BCUT2D eigenvalue weighted by Gasteiger charge is 2.24. The molecule has 1 saturated heterocycles. The lowest BCUT2D eigenvalue weighted by atomic mass is 10.0. The van der Waals surface area contributed by atoms with Crippen molar-refractivity contribution < 1.29 is 0 Å². The van der Waals surface area contributed by atoms with Crippen molar-refractivity contribution in [2.45, 2.75) is 39.3 Å². The number of nitrogens with zero attached hydrogens (tertiary/aromatic N) is 4. The molecule has 7 heteroatoms. The Labute approximate surface area is 190 Å². The van der Waals surface area contributed by atoms with Gasteiger partial charge >= 0.3 is 0 Å². The summed E-state index contributed by atoms with van der Waals surface area (Å²) in [7, 11) is 3.92. The fourth-order valence-corrected chi connectivity index (χ4v) is 4.27. The van der Waals surface area contributed by atoms with E-state index in [0.29, 0.717) is 6.04 Å². The molecular weight excluding hydrogens is 481 g/mol. The molecule has 1 unspecified atom stereocenters. The zero-order valence-electron chi connectivity index (χ0n) is 17.3. The second kappa shape index (κ2) is 11.1. The minimum absolute atomic E-state index is 0. The quantitative estimate of drug-likeness (QED) is 0.357. The van der Waals surface area contributed by atoms with Crippen LogP contribution < -0.4 is 5.32 Å². The normalized spacial score (nSPS) is 15.9. The van der Waals surface area contributed by atoms with Gasteiger partial charge in [-0.2, -0.15) is 0 Å². The summed E-state index contributed by atoms with van der Waals surface area (Å²) in [6, 6.07) is 9.34. The van der Waals surface area contributed by atoms with Gasteiger partial charge in [-0.1, -0.05) is 29.8 Å². The number of aliphatic imine (C=N–C) groups is 1. The predicted molar refractivity (Wildman–Crippen MR) is 130 cm³/mol. The molecule has 1 aliphatic rings. The first-order valence-electron chi connectivity index (χ1n) is 9.70. The number of benzene rings is 1. The first-order valence-corrected chi connectivity index (χ1v) is 10.6. The number of aryl methyl sites for hydroxylation is 2. The van der Waals surface area contributed by atoms with Crippen molar-refractivity contribution in [3.63, 3.8) is 0 Å². The second-order valence-corrected chi connectivity index (χ2v) is 8.37. The molecule has 28 heavy (non-hydrogen) atoms. The fraction of sp³-hybridized carbons (Fsp3) is 0.524. The van der Waals surface area contributed by atoms with Crippen LogP contribution >= 0.6 is 35.3 Å². The third-order valence-electron chi connectivity index (χ3n) is 5.14. The molecule has 0 radical (unpaired) electrons. The molecule has 0 spiro atoms. The Kier molecular flexibility index (Phi) is 9.17. The molecule has 0 amide bonds. The monoisotopic (exact) mass is 513 g/mol. The van der Waals surface area contributed by atoms with Crippen molar-refractivity contribution in [3.05, 3.63) is 51.5 Å². The van der Waals surface area contributed by atoms with Gasteiger partial charge in [-0.15, -0.1) is 35.3 Å². The minimum atomic E-state index is 0. The molecule has 3 rings (SSSR count). The van der Waals surface area contributed by atoms with Crippen molar-refractivity contribution in [3.8, 4) is 0 Å². The van der Waals surface area contributed by atoms with Crippen LogP contribution in [-0.4, -0.2) is 54.5 Å². The number of rotatable bonds is 6. The molecule has 0 aliphatic carbocycles. The zero-order valence-corrected chi connectivity index (χ0v) is 20.5. The van der Waals surface area contributed by atoms with E-state index < -0.39 is 0 Å². The van der Waals surface area contributed by atoms with Gasteiger partial charge in [0.15, 0.2) is 5.96 Å². The van der Waals surface area contributed by atoms with Crippen LogP contribution in [0, 0.1) is 13.8 Å². The topological polar surface area (TPSA) is 43.8 Å². The van der Waals surface area contributed by atoms with Gasteiger partial charge in [-0.3, -0.25) is 9.89 Å². The standard InChI is InChI=1S/C21H31N5S.HI/c1-16-7-9-18(10-8-16)20(26-11-5-6-12-26)13-23-21(22-3)25(4)14-19-15-27-17(2)24-19;/h7-10,15,20H,5-6,11-14H2,1-4H3,(H,22,23);1H. The van der Waals surface area contributed by atoms with Crippen molar-refractivity contribution in [2.75, 3.05) is 33.7 Å². The Morgan fingerprint density at radius 2 is 1.93 bits per heavy atom. The molecular formula is C21H32IN5S. The zero-order chi connectivity index (χ0) is 19.2. The second-order valence-electron chi connectivity index (χ2n) is 7.31. The number of thiazole rings is 1. The van der Waals surface area contributed by atoms with Crippen molar-refractivity contribution in [2.24, 2.45) is 4.99 Å². The lowest BCUT2D eigenvalue weighted by Crippen LogP contribution is -2.43. The van der Waals surface area contributed by atoms with Gasteiger partial charge in [0.1, 0.15) is 0 Å². The lowest BCUT2D eigenvalue weighted by molar-refractivity contribution is 0.244. The number of guanidine groups is 1. The maximum Gasteiger partial charge on any atom is 0.193 e. The summed E-state index contributed by atoms with van der Waals surface area (Å²) in [5, 5.41) is 6.83. The van der Waals surface area contributed by atoms with Crippen LogP contribution in [0.15, 0.2) is 34.6 Å². The van der Waals surface area contributed by atoms with Crippen molar-refractivity contribution in [1.29, 1.82) is 0 Å². The van der Waals surface area contributed by atoms with Crippen LogP contribution in [0.2, 0.25) is 0 Å². The first-order chi connectivity index (χ1) is 13.1. The van der Waals surface area contributed by atoms with Crippen LogP contribution in [0.25, 0.3) is 0 Å². The molecule has 2 heterocycles. The lowest BCUT2D eigenvalue weighted by Gasteiger charge is -2.30. The summed E-state index contributed by atoms with van der Waals surface area (Å²) < 4.78 is 0. The fourth-order valence-electron chi connectivity index (χ4n) is 3.67. The summed E-state index contributed by atoms with van der Waals surface area (Å²) in [4.78, 5) is 13.8. The van der Waals surface area contributed by atoms with Gasteiger partial charge in [-0.05, 0) is 45.3 Å². The first kappa shape index (κ1) is 23.1. The molecule has 1 aliphatic heterocycles. The summed E-state index contributed by atoms with van der Waals surface area (Å²) in [5.41, 5.74) is 3.78. The van der Waals surface area contributed by atoms with Gasteiger partial charge in [0.25, 0.3) is 0 Å². The number of hydrogen-bond acceptors (Lipinski definition) is 4. The van der Waals surface area contributed by atoms with Gasteiger partial charge < -0.3 is 10.2 Å². The van der Waals surface area contributed by atoms with E-state index in [1.54, 1.807) is 11.3 Å². The third kappa shape index (κ3) is 6.15. The van der Waals surface area contributed by atoms with Crippen LogP contribution in [0.5, 0.6) is 0 Å². The molecule has 0 bridgehead atoms. The molecule has 1 aromatic carbocycles. The SMILES string of the molecule is CN=C(NCC(c1ccc(C)cc1)N1CCCC1)N(C)Cc1csc(C)n1.I. The maximum absolute atomic E-state index is 4.57. The molecule has 1 fully saturated rings. The predicted octanol–water partition coefficient (Wildman–Crippen LogP) is 4.22. The van der Waals surface area contributed by atoms with E-state index in [0.717, 1.165) is 29.8 Å². The van der Waals surface area contributed by atoms with Crippen LogP contribution in [0.4, 0.5) is 0 Å². The van der Waals surface area contributed by atoms with Gasteiger partial charge in [0, 0.05) is 26.0 Å². The van der Waals surface area contributed by atoms with E-state index in [9.17, 15) is 0 Å². The average Bonchev–Trinajstić information content (AvgIpc) is 3.32. The molecule has 5 nitrogen and oxygen atoms in total. The smallest absolute Gasteiger partial charge is 0.193 e. The van der Waals surface area contributed by atoms with Crippen LogP contribution in [0.1, 0.15) is 40.7 Å². The van der Waals surface area contributed by atoms with Crippen molar-refractivity contribution >= 4 is 41.3 Å². The Hall–Kier alpha value is -1.19. The van der Waals surface area contributed by atoms with E-state index >= 15 is 0 Å². The summed E-state index contributed by atoms with van der Waals surface area (Å²) in [6.45, 7) is 8.16. The largest absolute Gasteiger partial charge is 0.354 e. The Morgan fingerprint density at radius 3 is 2.50 bits per heavy atom. The summed E-state index contributed by atoms with van der Waals surface area (Å²) >= 11 is 1.69. The highest BCUT2D eigenvalue weighted by molar-refractivity contribution is 14.0. The highest BCUT2D eigenvalue weighted by Crippen LogP contribution is 2.25. The molecule has 1 aromatic heterocycles. The molecule has 154 valence electrons. The Balaban J connectivity index is 0.00000280. The number of aromatic nitrogens is 1. The van der Waals surface area contributed by atoms with Gasteiger partial charge in [0.2, 0.25) is 0 Å². The highest BCUT2D eigenvalue weighted by atomic mass is 127. The maximum atomic E-state index is 4.57. The van der Waals surface area contributed by atoms with E-state index in [-0.39, 0.29) is 24.0 Å². The minimum Gasteiger partial charge on any atom is -0.354 e. The third-order valence-corrected chi connectivity index (χ3v) is 5.96. The summed E-state index contributed by atoms with van der Waals surface area (Å²) in [6.07, 6.45) is 2.58. The van der Waals surface area contributed by atoms with E-state index in [1.165, 1.54) is 37.1 Å². The Bertz CT molecular complexity index is 752. The van der Waals surface area contributed by atoms with Crippen LogP contribution in [-0.2, 0) is 6.54 Å². The average molecular weight is 513 g/mol.